The van der Waals surface area contributed by atoms with Crippen molar-refractivity contribution in [2.75, 3.05) is 12.8 Å². The van der Waals surface area contributed by atoms with Crippen LogP contribution in [-0.4, -0.2) is 13.1 Å². The lowest BCUT2D eigenvalue weighted by molar-refractivity contribution is 0.0598. The number of ether oxygens (including phenoxy) is 2. The molecule has 0 radical (unpaired) electrons. The first-order chi connectivity index (χ1) is 9.51. The lowest BCUT2D eigenvalue weighted by Gasteiger charge is -2.11. The van der Waals surface area contributed by atoms with Gasteiger partial charge in [0.2, 0.25) is 0 Å². The van der Waals surface area contributed by atoms with Gasteiger partial charge in [0.25, 0.3) is 0 Å². The molecule has 0 bridgehead atoms. The smallest absolute Gasteiger partial charge is 0.341 e. The van der Waals surface area contributed by atoms with Crippen LogP contribution in [0.1, 0.15) is 10.4 Å². The Bertz CT molecular complexity index is 661. The molecule has 2 N–H and O–H groups in total. The minimum atomic E-state index is -0.607. The molecular formula is C14H11BrFNO3. The van der Waals surface area contributed by atoms with Crippen molar-refractivity contribution < 1.29 is 18.7 Å². The quantitative estimate of drug-likeness (QED) is 0.683. The van der Waals surface area contributed by atoms with Crippen molar-refractivity contribution in [2.45, 2.75) is 0 Å². The van der Waals surface area contributed by atoms with E-state index in [1.807, 2.05) is 0 Å². The van der Waals surface area contributed by atoms with E-state index in [2.05, 4.69) is 20.7 Å². The fraction of sp³-hybridized carbons (Fsp3) is 0.0714. The molecule has 0 spiro atoms. The molecule has 4 nitrogen and oxygen atoms in total. The van der Waals surface area contributed by atoms with E-state index in [0.717, 1.165) is 0 Å². The van der Waals surface area contributed by atoms with Crippen LogP contribution in [0, 0.1) is 5.82 Å². The Morgan fingerprint density at radius 2 is 1.90 bits per heavy atom. The molecule has 2 aromatic rings. The fourth-order valence-corrected chi connectivity index (χ4v) is 1.92. The Kier molecular flexibility index (Phi) is 4.24. The topological polar surface area (TPSA) is 61.5 Å². The summed E-state index contributed by atoms with van der Waals surface area (Å²) in [5, 5.41) is 0. The number of methoxy groups -OCH3 is 1. The first-order valence-electron chi connectivity index (χ1n) is 5.62. The van der Waals surface area contributed by atoms with E-state index in [1.165, 1.54) is 31.4 Å². The highest BCUT2D eigenvalue weighted by molar-refractivity contribution is 9.10. The second-order valence-electron chi connectivity index (χ2n) is 3.92. The zero-order chi connectivity index (χ0) is 14.7. The number of rotatable bonds is 3. The maximum atomic E-state index is 13.7. The van der Waals surface area contributed by atoms with Crippen molar-refractivity contribution >= 4 is 27.6 Å². The van der Waals surface area contributed by atoms with Crippen LogP contribution in [0.3, 0.4) is 0 Å². The molecule has 2 rings (SSSR count). The van der Waals surface area contributed by atoms with Gasteiger partial charge in [-0.05, 0) is 36.4 Å². The summed E-state index contributed by atoms with van der Waals surface area (Å²) >= 11 is 3.15. The number of nitrogens with two attached hydrogens (primary N) is 1. The third-order valence-corrected chi connectivity index (χ3v) is 3.02. The van der Waals surface area contributed by atoms with Crippen LogP contribution in [0.25, 0.3) is 0 Å². The number of hydrogen-bond donors (Lipinski definition) is 1. The summed E-state index contributed by atoms with van der Waals surface area (Å²) in [7, 11) is 1.25. The summed E-state index contributed by atoms with van der Waals surface area (Å²) in [6.45, 7) is 0. The van der Waals surface area contributed by atoms with E-state index < -0.39 is 11.8 Å². The Balaban J connectivity index is 2.40. The fourth-order valence-electron chi connectivity index (χ4n) is 1.58. The van der Waals surface area contributed by atoms with Gasteiger partial charge in [0.15, 0.2) is 11.6 Å². The van der Waals surface area contributed by atoms with Gasteiger partial charge in [0, 0.05) is 10.2 Å². The van der Waals surface area contributed by atoms with Crippen LogP contribution < -0.4 is 10.5 Å². The highest BCUT2D eigenvalue weighted by atomic mass is 79.9. The first-order valence-corrected chi connectivity index (χ1v) is 6.41. The molecule has 6 heteroatoms. The Hall–Kier alpha value is -2.08. The number of benzene rings is 2. The van der Waals surface area contributed by atoms with E-state index in [1.54, 1.807) is 12.1 Å². The minimum Gasteiger partial charge on any atom is -0.465 e. The molecule has 104 valence electrons. The van der Waals surface area contributed by atoms with Crippen LogP contribution in [0.15, 0.2) is 40.9 Å². The van der Waals surface area contributed by atoms with Gasteiger partial charge < -0.3 is 15.2 Å². The zero-order valence-electron chi connectivity index (χ0n) is 10.5. The average Bonchev–Trinajstić information content (AvgIpc) is 2.42. The third-order valence-electron chi connectivity index (χ3n) is 2.52. The van der Waals surface area contributed by atoms with Crippen molar-refractivity contribution in [3.05, 3.63) is 52.3 Å². The summed E-state index contributed by atoms with van der Waals surface area (Å²) in [5.41, 5.74) is 6.14. The molecule has 0 aromatic heterocycles. The van der Waals surface area contributed by atoms with Gasteiger partial charge in [-0.25, -0.2) is 9.18 Å². The SMILES string of the molecule is COC(=O)c1cc(N)ccc1Oc1ccc(Br)cc1F. The average molecular weight is 340 g/mol. The monoisotopic (exact) mass is 339 g/mol. The number of carbonyl (C=O) groups is 1. The number of esters is 1. The van der Waals surface area contributed by atoms with Crippen LogP contribution >= 0.6 is 15.9 Å². The molecule has 0 amide bonds. The highest BCUT2D eigenvalue weighted by Gasteiger charge is 2.15. The Labute approximate surface area is 123 Å². The molecule has 20 heavy (non-hydrogen) atoms. The number of nitrogen functional groups attached to an aromatic ring is 1. The van der Waals surface area contributed by atoms with Crippen LogP contribution in [0.2, 0.25) is 0 Å². The molecule has 0 saturated heterocycles. The van der Waals surface area contributed by atoms with Crippen molar-refractivity contribution in [1.82, 2.24) is 0 Å². The second-order valence-corrected chi connectivity index (χ2v) is 4.84. The van der Waals surface area contributed by atoms with Crippen molar-refractivity contribution in [2.24, 2.45) is 0 Å². The molecule has 0 fully saturated rings. The number of hydrogen-bond acceptors (Lipinski definition) is 4. The van der Waals surface area contributed by atoms with Gasteiger partial charge >= 0.3 is 5.97 Å². The van der Waals surface area contributed by atoms with Crippen LogP contribution in [0.5, 0.6) is 11.5 Å². The van der Waals surface area contributed by atoms with E-state index in [-0.39, 0.29) is 17.1 Å². The number of halogens is 2. The van der Waals surface area contributed by atoms with Gasteiger partial charge in [-0.3, -0.25) is 0 Å². The highest BCUT2D eigenvalue weighted by Crippen LogP contribution is 2.30. The first kappa shape index (κ1) is 14.3. The molecule has 0 aliphatic carbocycles. The molecule has 0 aliphatic heterocycles. The molecule has 0 unspecified atom stereocenters. The summed E-state index contributed by atoms with van der Waals surface area (Å²) in [6, 6.07) is 8.81. The lowest BCUT2D eigenvalue weighted by Crippen LogP contribution is -2.05. The molecular weight excluding hydrogens is 329 g/mol. The van der Waals surface area contributed by atoms with Gasteiger partial charge in [-0.2, -0.15) is 0 Å². The number of anilines is 1. The summed E-state index contributed by atoms with van der Waals surface area (Å²) in [5.74, 6) is -0.979. The van der Waals surface area contributed by atoms with E-state index in [9.17, 15) is 9.18 Å². The second kappa shape index (κ2) is 5.92. The summed E-state index contributed by atoms with van der Waals surface area (Å²) in [6.07, 6.45) is 0. The van der Waals surface area contributed by atoms with Crippen LogP contribution in [0.4, 0.5) is 10.1 Å². The Morgan fingerprint density at radius 1 is 1.20 bits per heavy atom. The summed E-state index contributed by atoms with van der Waals surface area (Å²) < 4.78 is 24.4. The standard InChI is InChI=1S/C14H11BrFNO3/c1-19-14(18)10-7-9(17)3-5-12(10)20-13-4-2-8(15)6-11(13)16/h2-7H,17H2,1H3. The largest absolute Gasteiger partial charge is 0.465 e. The van der Waals surface area contributed by atoms with Crippen molar-refractivity contribution in [3.8, 4) is 11.5 Å². The predicted molar refractivity (Wildman–Crippen MR) is 76.4 cm³/mol. The minimum absolute atomic E-state index is 0.00289. The maximum absolute atomic E-state index is 13.7. The molecule has 2 aromatic carbocycles. The third kappa shape index (κ3) is 3.08. The van der Waals surface area contributed by atoms with E-state index in [0.29, 0.717) is 10.2 Å². The van der Waals surface area contributed by atoms with E-state index in [4.69, 9.17) is 10.5 Å². The molecule has 0 saturated carbocycles. The molecule has 0 aliphatic rings. The normalized spacial score (nSPS) is 10.2. The number of carbonyl (C=O) groups excluding carboxylic acids is 1. The predicted octanol–water partition coefficient (Wildman–Crippen LogP) is 3.75. The van der Waals surface area contributed by atoms with Gasteiger partial charge in [0.05, 0.1) is 7.11 Å². The summed E-state index contributed by atoms with van der Waals surface area (Å²) in [4.78, 5) is 11.7. The molecule has 0 atom stereocenters. The molecule has 0 heterocycles. The van der Waals surface area contributed by atoms with Crippen molar-refractivity contribution in [3.63, 3.8) is 0 Å². The van der Waals surface area contributed by atoms with Crippen LogP contribution in [-0.2, 0) is 4.74 Å². The Morgan fingerprint density at radius 3 is 2.55 bits per heavy atom. The van der Waals surface area contributed by atoms with Gasteiger partial charge in [-0.1, -0.05) is 15.9 Å². The lowest BCUT2D eigenvalue weighted by atomic mass is 10.2. The van der Waals surface area contributed by atoms with E-state index >= 15 is 0 Å². The van der Waals surface area contributed by atoms with Gasteiger partial charge in [0.1, 0.15) is 11.3 Å². The maximum Gasteiger partial charge on any atom is 0.341 e. The van der Waals surface area contributed by atoms with Gasteiger partial charge in [-0.15, -0.1) is 0 Å². The van der Waals surface area contributed by atoms with Crippen molar-refractivity contribution in [1.29, 1.82) is 0 Å². The zero-order valence-corrected chi connectivity index (χ0v) is 12.1.